The van der Waals surface area contributed by atoms with Gasteiger partial charge in [-0.1, -0.05) is 30.0 Å². The van der Waals surface area contributed by atoms with E-state index < -0.39 is 5.38 Å². The lowest BCUT2D eigenvalue weighted by molar-refractivity contribution is -0.113. The maximum absolute atomic E-state index is 11.5. The molecule has 1 aliphatic heterocycles. The first-order valence-corrected chi connectivity index (χ1v) is 6.36. The van der Waals surface area contributed by atoms with Gasteiger partial charge in [-0.2, -0.15) is 0 Å². The summed E-state index contributed by atoms with van der Waals surface area (Å²) in [7, 11) is 0. The van der Waals surface area contributed by atoms with Crippen LogP contribution in [0.2, 0.25) is 0 Å². The second-order valence-corrected chi connectivity index (χ2v) is 5.39. The molecule has 0 spiro atoms. The Morgan fingerprint density at radius 1 is 1.25 bits per heavy atom. The van der Waals surface area contributed by atoms with Crippen LogP contribution in [0.15, 0.2) is 51.8 Å². The molecule has 0 saturated heterocycles. The molecule has 0 N–H and O–H groups in total. The van der Waals surface area contributed by atoms with Crippen LogP contribution in [0.3, 0.4) is 0 Å². The van der Waals surface area contributed by atoms with Crippen molar-refractivity contribution in [2.45, 2.75) is 16.7 Å². The molecule has 0 radical (unpaired) electrons. The fourth-order valence-corrected chi connectivity index (χ4v) is 3.44. The van der Waals surface area contributed by atoms with Gasteiger partial charge in [-0.05, 0) is 35.8 Å². The van der Waals surface area contributed by atoms with Crippen molar-refractivity contribution in [3.8, 4) is 0 Å². The van der Waals surface area contributed by atoms with Gasteiger partial charge >= 0.3 is 0 Å². The number of rotatable bonds is 0. The van der Waals surface area contributed by atoms with Crippen LogP contribution in [0, 0.1) is 0 Å². The van der Waals surface area contributed by atoms with Crippen molar-refractivity contribution in [1.82, 2.24) is 0 Å². The zero-order chi connectivity index (χ0) is 11.1. The molecule has 1 unspecified atom stereocenters. The third kappa shape index (κ3) is 1.53. The summed E-state index contributed by atoms with van der Waals surface area (Å²) in [6.07, 6.45) is 4.26. The first kappa shape index (κ1) is 10.2. The van der Waals surface area contributed by atoms with Crippen molar-refractivity contribution < 1.29 is 4.79 Å². The summed E-state index contributed by atoms with van der Waals surface area (Å²) in [6, 6.07) is 8.26. The van der Waals surface area contributed by atoms with Crippen LogP contribution < -0.4 is 0 Å². The van der Waals surface area contributed by atoms with E-state index in [1.165, 1.54) is 10.5 Å². The molecule has 0 saturated carbocycles. The highest BCUT2D eigenvalue weighted by Gasteiger charge is 2.28. The molecule has 0 aromatic heterocycles. The van der Waals surface area contributed by atoms with E-state index in [0.29, 0.717) is 0 Å². The molecule has 80 valence electrons. The summed E-state index contributed by atoms with van der Waals surface area (Å²) in [5.74, 6) is 0.000368. The van der Waals surface area contributed by atoms with Gasteiger partial charge in [-0.25, -0.2) is 0 Å². The first-order valence-electron chi connectivity index (χ1n) is 5.10. The smallest absolute Gasteiger partial charge is 0.177 e. The number of benzene rings is 1. The van der Waals surface area contributed by atoms with E-state index in [9.17, 15) is 4.79 Å². The number of alkyl halides is 1. The van der Waals surface area contributed by atoms with Crippen LogP contribution >= 0.6 is 23.4 Å². The highest BCUT2D eigenvalue weighted by molar-refractivity contribution is 8.03. The standard InChI is InChI=1S/C13H9ClOS/c14-13-9-7-8-3-1-2-4-11(8)16-12(9)6-5-10(13)15/h1-6,13H,7H2. The number of thioether (sulfide) groups is 1. The normalized spacial score (nSPS) is 23.1. The Hall–Kier alpha value is -0.990. The van der Waals surface area contributed by atoms with E-state index in [0.717, 1.165) is 16.9 Å². The zero-order valence-corrected chi connectivity index (χ0v) is 10.0. The molecule has 1 atom stereocenters. The predicted octanol–water partition coefficient (Wildman–Crippen LogP) is 3.34. The van der Waals surface area contributed by atoms with Crippen molar-refractivity contribution in [2.24, 2.45) is 0 Å². The van der Waals surface area contributed by atoms with Crippen LogP contribution in [0.1, 0.15) is 5.56 Å². The van der Waals surface area contributed by atoms with E-state index in [2.05, 4.69) is 12.1 Å². The summed E-state index contributed by atoms with van der Waals surface area (Å²) in [4.78, 5) is 13.9. The fourth-order valence-electron chi connectivity index (χ4n) is 2.00. The monoisotopic (exact) mass is 248 g/mol. The van der Waals surface area contributed by atoms with Gasteiger partial charge in [-0.15, -0.1) is 11.6 Å². The predicted molar refractivity (Wildman–Crippen MR) is 66.8 cm³/mol. The van der Waals surface area contributed by atoms with E-state index in [4.69, 9.17) is 11.6 Å². The van der Waals surface area contributed by atoms with Crippen molar-refractivity contribution in [2.75, 3.05) is 0 Å². The molecule has 16 heavy (non-hydrogen) atoms. The van der Waals surface area contributed by atoms with Gasteiger partial charge in [0.15, 0.2) is 5.78 Å². The third-order valence-corrected chi connectivity index (χ3v) is 4.56. The first-order chi connectivity index (χ1) is 7.75. The number of ketones is 1. The molecule has 3 heteroatoms. The molecule has 1 heterocycles. The van der Waals surface area contributed by atoms with Gasteiger partial charge in [0.1, 0.15) is 5.38 Å². The van der Waals surface area contributed by atoms with E-state index in [-0.39, 0.29) is 5.78 Å². The van der Waals surface area contributed by atoms with Gasteiger partial charge in [0.2, 0.25) is 0 Å². The largest absolute Gasteiger partial charge is 0.293 e. The van der Waals surface area contributed by atoms with Crippen LogP contribution in [0.4, 0.5) is 0 Å². The lowest BCUT2D eigenvalue weighted by Crippen LogP contribution is -2.22. The summed E-state index contributed by atoms with van der Waals surface area (Å²) >= 11 is 7.84. The third-order valence-electron chi connectivity index (χ3n) is 2.84. The minimum absolute atomic E-state index is 0.000368. The van der Waals surface area contributed by atoms with Crippen LogP contribution in [-0.2, 0) is 11.2 Å². The number of carbonyl (C=O) groups is 1. The fraction of sp³-hybridized carbons (Fsp3) is 0.154. The van der Waals surface area contributed by atoms with Crippen LogP contribution in [0.25, 0.3) is 0 Å². The van der Waals surface area contributed by atoms with Gasteiger partial charge in [0.25, 0.3) is 0 Å². The van der Waals surface area contributed by atoms with E-state index >= 15 is 0 Å². The van der Waals surface area contributed by atoms with Crippen molar-refractivity contribution in [3.05, 3.63) is 52.5 Å². The molecule has 1 aromatic carbocycles. The number of hydrogen-bond donors (Lipinski definition) is 0. The van der Waals surface area contributed by atoms with Gasteiger partial charge in [-0.3, -0.25) is 4.79 Å². The van der Waals surface area contributed by atoms with Crippen molar-refractivity contribution in [3.63, 3.8) is 0 Å². The Morgan fingerprint density at radius 3 is 2.94 bits per heavy atom. The molecule has 1 aromatic rings. The number of carbonyl (C=O) groups excluding carboxylic acids is 1. The SMILES string of the molecule is O=C1C=CC2=C(Cc3ccccc3S2)C1Cl. The quantitative estimate of drug-likeness (QED) is 0.655. The topological polar surface area (TPSA) is 17.1 Å². The lowest BCUT2D eigenvalue weighted by atomic mass is 9.96. The zero-order valence-electron chi connectivity index (χ0n) is 8.44. The summed E-state index contributed by atoms with van der Waals surface area (Å²) in [5, 5.41) is -0.471. The second-order valence-electron chi connectivity index (χ2n) is 3.87. The maximum Gasteiger partial charge on any atom is 0.177 e. The highest BCUT2D eigenvalue weighted by atomic mass is 35.5. The molecule has 1 aliphatic carbocycles. The molecule has 2 aliphatic rings. The van der Waals surface area contributed by atoms with Gasteiger partial charge < -0.3 is 0 Å². The Labute approximate surface area is 103 Å². The minimum atomic E-state index is -0.471. The average Bonchev–Trinajstić information content (AvgIpc) is 2.32. The Bertz CT molecular complexity index is 530. The number of allylic oxidation sites excluding steroid dienone is 3. The molecule has 0 bridgehead atoms. The van der Waals surface area contributed by atoms with Crippen molar-refractivity contribution in [1.29, 1.82) is 0 Å². The molecule has 1 nitrogen and oxygen atoms in total. The highest BCUT2D eigenvalue weighted by Crippen LogP contribution is 2.42. The number of fused-ring (bicyclic) bond motifs is 1. The second kappa shape index (κ2) is 3.79. The number of halogens is 1. The minimum Gasteiger partial charge on any atom is -0.293 e. The molecular formula is C13H9ClOS. The Morgan fingerprint density at radius 2 is 2.06 bits per heavy atom. The molecular weight excluding hydrogens is 240 g/mol. The maximum atomic E-state index is 11.5. The number of hydrogen-bond acceptors (Lipinski definition) is 2. The molecule has 0 fully saturated rings. The van der Waals surface area contributed by atoms with Gasteiger partial charge in [0, 0.05) is 9.80 Å². The Kier molecular flexibility index (Phi) is 2.41. The van der Waals surface area contributed by atoms with Crippen molar-refractivity contribution >= 4 is 29.1 Å². The van der Waals surface area contributed by atoms with Crippen LogP contribution in [0.5, 0.6) is 0 Å². The summed E-state index contributed by atoms with van der Waals surface area (Å²) in [6.45, 7) is 0. The average molecular weight is 249 g/mol. The lowest BCUT2D eigenvalue weighted by Gasteiger charge is -2.25. The summed E-state index contributed by atoms with van der Waals surface area (Å²) < 4.78 is 0. The van der Waals surface area contributed by atoms with E-state index in [1.807, 2.05) is 18.2 Å². The summed E-state index contributed by atoms with van der Waals surface area (Å²) in [5.41, 5.74) is 2.32. The Balaban J connectivity index is 2.05. The molecule has 3 rings (SSSR count). The molecule has 0 amide bonds. The van der Waals surface area contributed by atoms with E-state index in [1.54, 1.807) is 17.8 Å². The van der Waals surface area contributed by atoms with Gasteiger partial charge in [0.05, 0.1) is 0 Å². The van der Waals surface area contributed by atoms with Crippen LogP contribution in [-0.4, -0.2) is 11.2 Å².